The van der Waals surface area contributed by atoms with Gasteiger partial charge in [0.25, 0.3) is 0 Å². The van der Waals surface area contributed by atoms with Gasteiger partial charge in [-0.1, -0.05) is 37.6 Å². The van der Waals surface area contributed by atoms with Gasteiger partial charge in [-0.2, -0.15) is 0 Å². The monoisotopic (exact) mass is 240 g/mol. The van der Waals surface area contributed by atoms with Crippen LogP contribution in [0.25, 0.3) is 0 Å². The molecule has 16 heavy (non-hydrogen) atoms. The summed E-state index contributed by atoms with van der Waals surface area (Å²) in [5.41, 5.74) is 6.69. The molecular weight excluding hydrogens is 224 g/mol. The Balaban J connectivity index is 2.49. The minimum Gasteiger partial charge on any atom is -0.351 e. The molecule has 0 aromatic heterocycles. The molecule has 0 aliphatic carbocycles. The fourth-order valence-electron chi connectivity index (χ4n) is 1.26. The summed E-state index contributed by atoms with van der Waals surface area (Å²) in [6.45, 7) is 4.30. The van der Waals surface area contributed by atoms with E-state index in [0.717, 1.165) is 5.56 Å². The van der Waals surface area contributed by atoms with Gasteiger partial charge in [0, 0.05) is 11.6 Å². The van der Waals surface area contributed by atoms with Crippen LogP contribution in [0.5, 0.6) is 0 Å². The number of carbonyl (C=O) groups excluding carboxylic acids is 1. The summed E-state index contributed by atoms with van der Waals surface area (Å²) in [6.07, 6.45) is 0. The summed E-state index contributed by atoms with van der Waals surface area (Å²) in [5.74, 6) is 0.00865. The normalized spacial score (nSPS) is 12.6. The van der Waals surface area contributed by atoms with Gasteiger partial charge in [-0.15, -0.1) is 0 Å². The molecule has 0 bridgehead atoms. The van der Waals surface area contributed by atoms with E-state index < -0.39 is 6.04 Å². The van der Waals surface area contributed by atoms with E-state index in [1.54, 1.807) is 6.07 Å². The Kier molecular flexibility index (Phi) is 4.77. The van der Waals surface area contributed by atoms with E-state index in [4.69, 9.17) is 17.3 Å². The SMILES string of the molecule is CC(C)[C@H](N)C(=O)NCc1cccc(Cl)c1. The third-order valence-corrected chi connectivity index (χ3v) is 2.61. The van der Waals surface area contributed by atoms with Crippen LogP contribution < -0.4 is 11.1 Å². The maximum Gasteiger partial charge on any atom is 0.237 e. The average molecular weight is 241 g/mol. The number of hydrogen-bond donors (Lipinski definition) is 2. The molecular formula is C12H17ClN2O. The van der Waals surface area contributed by atoms with E-state index in [1.165, 1.54) is 0 Å². The predicted molar refractivity (Wildman–Crippen MR) is 66.1 cm³/mol. The minimum absolute atomic E-state index is 0.130. The van der Waals surface area contributed by atoms with E-state index in [2.05, 4.69) is 5.32 Å². The van der Waals surface area contributed by atoms with Crippen molar-refractivity contribution in [2.75, 3.05) is 0 Å². The first-order valence-corrected chi connectivity index (χ1v) is 5.66. The molecule has 1 rings (SSSR count). The Hall–Kier alpha value is -1.06. The Bertz CT molecular complexity index is 366. The first kappa shape index (κ1) is 13.0. The van der Waals surface area contributed by atoms with Crippen molar-refractivity contribution in [3.63, 3.8) is 0 Å². The predicted octanol–water partition coefficient (Wildman–Crippen LogP) is 1.94. The molecule has 0 saturated carbocycles. The first-order valence-electron chi connectivity index (χ1n) is 5.28. The van der Waals surface area contributed by atoms with Crippen LogP contribution in [0.2, 0.25) is 5.02 Å². The Morgan fingerprint density at radius 2 is 2.19 bits per heavy atom. The molecule has 0 aliphatic heterocycles. The second-order valence-electron chi connectivity index (χ2n) is 4.12. The number of hydrogen-bond acceptors (Lipinski definition) is 2. The highest BCUT2D eigenvalue weighted by Crippen LogP contribution is 2.10. The zero-order valence-electron chi connectivity index (χ0n) is 9.53. The average Bonchev–Trinajstić information content (AvgIpc) is 2.24. The number of carbonyl (C=O) groups is 1. The van der Waals surface area contributed by atoms with Crippen LogP contribution in [0, 0.1) is 5.92 Å². The number of halogens is 1. The van der Waals surface area contributed by atoms with Crippen molar-refractivity contribution < 1.29 is 4.79 Å². The van der Waals surface area contributed by atoms with Gasteiger partial charge < -0.3 is 11.1 Å². The van der Waals surface area contributed by atoms with Crippen LogP contribution in [0.15, 0.2) is 24.3 Å². The lowest BCUT2D eigenvalue weighted by atomic mass is 10.0. The zero-order chi connectivity index (χ0) is 12.1. The van der Waals surface area contributed by atoms with Gasteiger partial charge in [0.15, 0.2) is 0 Å². The molecule has 1 aromatic rings. The molecule has 0 heterocycles. The smallest absolute Gasteiger partial charge is 0.237 e. The second-order valence-corrected chi connectivity index (χ2v) is 4.55. The van der Waals surface area contributed by atoms with Crippen LogP contribution in [0.3, 0.4) is 0 Å². The topological polar surface area (TPSA) is 55.1 Å². The lowest BCUT2D eigenvalue weighted by Gasteiger charge is -2.15. The molecule has 4 heteroatoms. The third-order valence-electron chi connectivity index (χ3n) is 2.38. The van der Waals surface area contributed by atoms with Crippen molar-refractivity contribution >= 4 is 17.5 Å². The molecule has 1 aromatic carbocycles. The highest BCUT2D eigenvalue weighted by molar-refractivity contribution is 6.30. The fourth-order valence-corrected chi connectivity index (χ4v) is 1.47. The van der Waals surface area contributed by atoms with Crippen molar-refractivity contribution in [2.24, 2.45) is 11.7 Å². The van der Waals surface area contributed by atoms with Crippen molar-refractivity contribution in [1.29, 1.82) is 0 Å². The number of nitrogens with two attached hydrogens (primary N) is 1. The van der Waals surface area contributed by atoms with E-state index >= 15 is 0 Å². The molecule has 3 N–H and O–H groups in total. The summed E-state index contributed by atoms with van der Waals surface area (Å²) in [7, 11) is 0. The maximum absolute atomic E-state index is 11.6. The van der Waals surface area contributed by atoms with E-state index in [9.17, 15) is 4.79 Å². The molecule has 0 saturated heterocycles. The molecule has 88 valence electrons. The van der Waals surface area contributed by atoms with Gasteiger partial charge in [0.1, 0.15) is 0 Å². The molecule has 0 spiro atoms. The number of nitrogens with one attached hydrogen (secondary N) is 1. The Labute approximate surface area is 101 Å². The minimum atomic E-state index is -0.459. The number of rotatable bonds is 4. The number of amides is 1. The van der Waals surface area contributed by atoms with Crippen LogP contribution in [-0.4, -0.2) is 11.9 Å². The molecule has 0 radical (unpaired) electrons. The highest BCUT2D eigenvalue weighted by Gasteiger charge is 2.16. The molecule has 0 aliphatic rings. The van der Waals surface area contributed by atoms with Crippen molar-refractivity contribution in [3.8, 4) is 0 Å². The lowest BCUT2D eigenvalue weighted by molar-refractivity contribution is -0.123. The van der Waals surface area contributed by atoms with Crippen molar-refractivity contribution in [1.82, 2.24) is 5.32 Å². The Morgan fingerprint density at radius 3 is 2.75 bits per heavy atom. The largest absolute Gasteiger partial charge is 0.351 e. The van der Waals surface area contributed by atoms with Gasteiger partial charge >= 0.3 is 0 Å². The van der Waals surface area contributed by atoms with Gasteiger partial charge in [0.05, 0.1) is 6.04 Å². The third kappa shape index (κ3) is 3.83. The Morgan fingerprint density at radius 1 is 1.50 bits per heavy atom. The van der Waals surface area contributed by atoms with Crippen LogP contribution in [0.1, 0.15) is 19.4 Å². The molecule has 3 nitrogen and oxygen atoms in total. The van der Waals surface area contributed by atoms with E-state index in [1.807, 2.05) is 32.0 Å². The van der Waals surface area contributed by atoms with Gasteiger partial charge in [-0.25, -0.2) is 0 Å². The molecule has 1 amide bonds. The lowest BCUT2D eigenvalue weighted by Crippen LogP contribution is -2.43. The van der Waals surface area contributed by atoms with Crippen molar-refractivity contribution in [3.05, 3.63) is 34.9 Å². The van der Waals surface area contributed by atoms with Crippen LogP contribution >= 0.6 is 11.6 Å². The molecule has 0 fully saturated rings. The molecule has 0 unspecified atom stereocenters. The van der Waals surface area contributed by atoms with Gasteiger partial charge in [0.2, 0.25) is 5.91 Å². The quantitative estimate of drug-likeness (QED) is 0.845. The van der Waals surface area contributed by atoms with E-state index in [0.29, 0.717) is 11.6 Å². The standard InChI is InChI=1S/C12H17ClN2O/c1-8(2)11(14)12(16)15-7-9-4-3-5-10(13)6-9/h3-6,8,11H,7,14H2,1-2H3,(H,15,16)/t11-/m0/s1. The maximum atomic E-state index is 11.6. The summed E-state index contributed by atoms with van der Waals surface area (Å²) in [5, 5.41) is 3.45. The van der Waals surface area contributed by atoms with Gasteiger partial charge in [-0.3, -0.25) is 4.79 Å². The second kappa shape index (κ2) is 5.87. The fraction of sp³-hybridized carbons (Fsp3) is 0.417. The van der Waals surface area contributed by atoms with Crippen LogP contribution in [0.4, 0.5) is 0 Å². The summed E-state index contributed by atoms with van der Waals surface area (Å²) in [6, 6.07) is 6.92. The highest BCUT2D eigenvalue weighted by atomic mass is 35.5. The van der Waals surface area contributed by atoms with E-state index in [-0.39, 0.29) is 11.8 Å². The first-order chi connectivity index (χ1) is 7.50. The summed E-state index contributed by atoms with van der Waals surface area (Å²) < 4.78 is 0. The number of benzene rings is 1. The van der Waals surface area contributed by atoms with Crippen molar-refractivity contribution in [2.45, 2.75) is 26.4 Å². The zero-order valence-corrected chi connectivity index (χ0v) is 10.3. The van der Waals surface area contributed by atoms with Crippen LogP contribution in [-0.2, 0) is 11.3 Å². The summed E-state index contributed by atoms with van der Waals surface area (Å²) in [4.78, 5) is 11.6. The molecule has 1 atom stereocenters. The van der Waals surface area contributed by atoms with Gasteiger partial charge in [-0.05, 0) is 23.6 Å². The summed E-state index contributed by atoms with van der Waals surface area (Å²) >= 11 is 5.84.